The van der Waals surface area contributed by atoms with Gasteiger partial charge in [0.2, 0.25) is 0 Å². The molecule has 2 heterocycles. The van der Waals surface area contributed by atoms with Gasteiger partial charge >= 0.3 is 0 Å². The first kappa shape index (κ1) is 19.3. The Morgan fingerprint density at radius 2 is 2.07 bits per heavy atom. The lowest BCUT2D eigenvalue weighted by Crippen LogP contribution is -2.32. The first-order chi connectivity index (χ1) is 13.3. The maximum atomic E-state index is 12.6. The summed E-state index contributed by atoms with van der Waals surface area (Å²) in [6, 6.07) is 11.5. The van der Waals surface area contributed by atoms with E-state index in [2.05, 4.69) is 27.5 Å². The van der Waals surface area contributed by atoms with Crippen molar-refractivity contribution >= 4 is 11.7 Å². The SMILES string of the molecule is CCCCCNc1cc(C(=O)NCC2CCCO2)nc(-c2ccccc2)n1. The number of benzene rings is 1. The number of nitrogens with zero attached hydrogens (tertiary/aromatic N) is 2. The van der Waals surface area contributed by atoms with E-state index < -0.39 is 0 Å². The molecule has 0 aliphatic carbocycles. The fraction of sp³-hybridized carbons (Fsp3) is 0.476. The van der Waals surface area contributed by atoms with Crippen molar-refractivity contribution in [3.63, 3.8) is 0 Å². The second-order valence-corrected chi connectivity index (χ2v) is 6.81. The normalized spacial score (nSPS) is 16.3. The zero-order chi connectivity index (χ0) is 18.9. The number of hydrogen-bond donors (Lipinski definition) is 2. The number of anilines is 1. The molecule has 1 amide bonds. The van der Waals surface area contributed by atoms with E-state index in [1.807, 2.05) is 30.3 Å². The number of aromatic nitrogens is 2. The maximum Gasteiger partial charge on any atom is 0.270 e. The monoisotopic (exact) mass is 368 g/mol. The average Bonchev–Trinajstić information content (AvgIpc) is 3.23. The summed E-state index contributed by atoms with van der Waals surface area (Å²) in [7, 11) is 0. The van der Waals surface area contributed by atoms with Gasteiger partial charge in [0.25, 0.3) is 5.91 Å². The minimum atomic E-state index is -0.193. The fourth-order valence-electron chi connectivity index (χ4n) is 3.06. The summed E-state index contributed by atoms with van der Waals surface area (Å²) in [6.07, 6.45) is 5.55. The summed E-state index contributed by atoms with van der Waals surface area (Å²) in [5.74, 6) is 1.04. The predicted octanol–water partition coefficient (Wildman–Crippen LogP) is 3.65. The van der Waals surface area contributed by atoms with Crippen LogP contribution in [-0.4, -0.2) is 41.7 Å². The van der Waals surface area contributed by atoms with Crippen LogP contribution in [0, 0.1) is 0 Å². The van der Waals surface area contributed by atoms with Crippen molar-refractivity contribution in [3.8, 4) is 11.4 Å². The Morgan fingerprint density at radius 3 is 2.81 bits per heavy atom. The molecule has 0 bridgehead atoms. The van der Waals surface area contributed by atoms with Crippen molar-refractivity contribution in [1.82, 2.24) is 15.3 Å². The molecule has 1 aromatic carbocycles. The van der Waals surface area contributed by atoms with Crippen LogP contribution in [0.2, 0.25) is 0 Å². The van der Waals surface area contributed by atoms with E-state index in [1.54, 1.807) is 6.07 Å². The molecule has 6 heteroatoms. The van der Waals surface area contributed by atoms with Gasteiger partial charge in [-0.15, -0.1) is 0 Å². The van der Waals surface area contributed by atoms with Crippen LogP contribution in [0.5, 0.6) is 0 Å². The van der Waals surface area contributed by atoms with Crippen LogP contribution in [0.25, 0.3) is 11.4 Å². The highest BCUT2D eigenvalue weighted by molar-refractivity contribution is 5.93. The average molecular weight is 368 g/mol. The van der Waals surface area contributed by atoms with Gasteiger partial charge in [0.05, 0.1) is 6.10 Å². The largest absolute Gasteiger partial charge is 0.376 e. The molecule has 0 saturated carbocycles. The molecule has 0 spiro atoms. The molecule has 2 N–H and O–H groups in total. The highest BCUT2D eigenvalue weighted by Crippen LogP contribution is 2.18. The summed E-state index contributed by atoms with van der Waals surface area (Å²) in [6.45, 7) is 4.30. The molecule has 1 fully saturated rings. The summed E-state index contributed by atoms with van der Waals surface area (Å²) in [5.41, 5.74) is 1.27. The molecule has 2 aromatic rings. The zero-order valence-corrected chi connectivity index (χ0v) is 15.9. The molecule has 1 aliphatic heterocycles. The Kier molecular flexibility index (Phi) is 7.16. The third-order valence-electron chi connectivity index (χ3n) is 4.59. The van der Waals surface area contributed by atoms with Gasteiger partial charge in [-0.05, 0) is 19.3 Å². The number of rotatable bonds is 9. The van der Waals surface area contributed by atoms with Crippen LogP contribution in [0.4, 0.5) is 5.82 Å². The van der Waals surface area contributed by atoms with Gasteiger partial charge in [-0.3, -0.25) is 4.79 Å². The van der Waals surface area contributed by atoms with Crippen LogP contribution in [0.15, 0.2) is 36.4 Å². The Hall–Kier alpha value is -2.47. The zero-order valence-electron chi connectivity index (χ0n) is 15.9. The number of nitrogens with one attached hydrogen (secondary N) is 2. The lowest BCUT2D eigenvalue weighted by Gasteiger charge is -2.12. The van der Waals surface area contributed by atoms with E-state index in [9.17, 15) is 4.79 Å². The molecule has 3 rings (SSSR count). The van der Waals surface area contributed by atoms with Gasteiger partial charge in [-0.1, -0.05) is 50.1 Å². The smallest absolute Gasteiger partial charge is 0.270 e. The van der Waals surface area contributed by atoms with Crippen LogP contribution in [0.1, 0.15) is 49.5 Å². The molecule has 27 heavy (non-hydrogen) atoms. The number of ether oxygens (including phenoxy) is 1. The van der Waals surface area contributed by atoms with Crippen molar-refractivity contribution in [3.05, 3.63) is 42.1 Å². The molecule has 144 valence electrons. The number of hydrogen-bond acceptors (Lipinski definition) is 5. The number of carbonyl (C=O) groups is 1. The molecule has 1 unspecified atom stereocenters. The van der Waals surface area contributed by atoms with E-state index in [-0.39, 0.29) is 12.0 Å². The van der Waals surface area contributed by atoms with Crippen LogP contribution >= 0.6 is 0 Å². The van der Waals surface area contributed by atoms with Gasteiger partial charge in [0, 0.05) is 31.3 Å². The molecule has 0 radical (unpaired) electrons. The second kappa shape index (κ2) is 10.0. The van der Waals surface area contributed by atoms with Crippen LogP contribution in [0.3, 0.4) is 0 Å². The number of unbranched alkanes of at least 4 members (excludes halogenated alkanes) is 2. The molecule has 1 aromatic heterocycles. The van der Waals surface area contributed by atoms with E-state index >= 15 is 0 Å². The van der Waals surface area contributed by atoms with Gasteiger partial charge in [0.1, 0.15) is 11.5 Å². The standard InChI is InChI=1S/C21H28N4O2/c1-2-3-7-12-22-19-14-18(21(26)23-15-17-11-8-13-27-17)24-20(25-19)16-9-5-4-6-10-16/h4-6,9-10,14,17H,2-3,7-8,11-13,15H2,1H3,(H,23,26)(H,22,24,25). The van der Waals surface area contributed by atoms with E-state index in [0.29, 0.717) is 23.9 Å². The van der Waals surface area contributed by atoms with Crippen molar-refractivity contribution < 1.29 is 9.53 Å². The van der Waals surface area contributed by atoms with E-state index in [4.69, 9.17) is 4.74 Å². The summed E-state index contributed by atoms with van der Waals surface area (Å²) in [5, 5.41) is 6.27. The molecular formula is C21H28N4O2. The van der Waals surface area contributed by atoms with Crippen molar-refractivity contribution in [2.45, 2.75) is 45.1 Å². The highest BCUT2D eigenvalue weighted by Gasteiger charge is 2.18. The van der Waals surface area contributed by atoms with Crippen molar-refractivity contribution in [2.75, 3.05) is 25.0 Å². The lowest BCUT2D eigenvalue weighted by atomic mass is 10.2. The number of carbonyl (C=O) groups excluding carboxylic acids is 1. The topological polar surface area (TPSA) is 76.1 Å². The fourth-order valence-corrected chi connectivity index (χ4v) is 3.06. The predicted molar refractivity (Wildman–Crippen MR) is 107 cm³/mol. The summed E-state index contributed by atoms with van der Waals surface area (Å²) >= 11 is 0. The third kappa shape index (κ3) is 5.76. The van der Waals surface area contributed by atoms with Gasteiger partial charge < -0.3 is 15.4 Å². The van der Waals surface area contributed by atoms with Crippen molar-refractivity contribution in [1.29, 1.82) is 0 Å². The van der Waals surface area contributed by atoms with E-state index in [1.165, 1.54) is 6.42 Å². The molecule has 1 aliphatic rings. The first-order valence-corrected chi connectivity index (χ1v) is 9.84. The summed E-state index contributed by atoms with van der Waals surface area (Å²) < 4.78 is 5.57. The van der Waals surface area contributed by atoms with Crippen LogP contribution in [-0.2, 0) is 4.74 Å². The molecule has 1 saturated heterocycles. The van der Waals surface area contributed by atoms with E-state index in [0.717, 1.165) is 44.4 Å². The quantitative estimate of drug-likeness (QED) is 0.661. The Labute approximate surface area is 160 Å². The van der Waals surface area contributed by atoms with Gasteiger partial charge in [-0.25, -0.2) is 9.97 Å². The Bertz CT molecular complexity index is 730. The lowest BCUT2D eigenvalue weighted by molar-refractivity contribution is 0.0853. The first-order valence-electron chi connectivity index (χ1n) is 9.84. The second-order valence-electron chi connectivity index (χ2n) is 6.81. The minimum Gasteiger partial charge on any atom is -0.376 e. The van der Waals surface area contributed by atoms with Gasteiger partial charge in [0.15, 0.2) is 5.82 Å². The summed E-state index contributed by atoms with van der Waals surface area (Å²) in [4.78, 5) is 21.7. The third-order valence-corrected chi connectivity index (χ3v) is 4.59. The minimum absolute atomic E-state index is 0.107. The van der Waals surface area contributed by atoms with Gasteiger partial charge in [-0.2, -0.15) is 0 Å². The maximum absolute atomic E-state index is 12.6. The van der Waals surface area contributed by atoms with Crippen LogP contribution < -0.4 is 10.6 Å². The Morgan fingerprint density at radius 1 is 1.22 bits per heavy atom. The van der Waals surface area contributed by atoms with Crippen molar-refractivity contribution in [2.24, 2.45) is 0 Å². The Balaban J connectivity index is 1.74. The highest BCUT2D eigenvalue weighted by atomic mass is 16.5. The molecule has 6 nitrogen and oxygen atoms in total. The number of amides is 1. The molecular weight excluding hydrogens is 340 g/mol. The molecule has 1 atom stereocenters.